The SMILES string of the molecule is Cc1cc(C)c(NC(=O)CCc2ccc(S(=O)(=O)NC3CC3)cc2)c(C)c1. The molecule has 27 heavy (non-hydrogen) atoms. The minimum atomic E-state index is -3.43. The smallest absolute Gasteiger partial charge is 0.240 e. The molecule has 3 rings (SSSR count). The van der Waals surface area contributed by atoms with E-state index in [4.69, 9.17) is 0 Å². The maximum absolute atomic E-state index is 12.3. The fourth-order valence-electron chi connectivity index (χ4n) is 3.16. The maximum atomic E-state index is 12.3. The summed E-state index contributed by atoms with van der Waals surface area (Å²) in [6.45, 7) is 6.02. The Labute approximate surface area is 161 Å². The molecule has 0 spiro atoms. The maximum Gasteiger partial charge on any atom is 0.240 e. The molecule has 5 nitrogen and oxygen atoms in total. The summed E-state index contributed by atoms with van der Waals surface area (Å²) in [5.41, 5.74) is 5.09. The van der Waals surface area contributed by atoms with Crippen molar-refractivity contribution in [2.24, 2.45) is 0 Å². The molecule has 0 unspecified atom stereocenters. The summed E-state index contributed by atoms with van der Waals surface area (Å²) in [5, 5.41) is 3.00. The molecule has 0 aliphatic heterocycles. The van der Waals surface area contributed by atoms with Gasteiger partial charge in [0.15, 0.2) is 0 Å². The predicted molar refractivity (Wildman–Crippen MR) is 107 cm³/mol. The first-order valence-corrected chi connectivity index (χ1v) is 10.7. The molecule has 2 N–H and O–H groups in total. The summed E-state index contributed by atoms with van der Waals surface area (Å²) in [6, 6.07) is 11.0. The minimum absolute atomic E-state index is 0.0443. The van der Waals surface area contributed by atoms with Gasteiger partial charge in [-0.15, -0.1) is 0 Å². The Balaban J connectivity index is 1.57. The number of anilines is 1. The van der Waals surface area contributed by atoms with Crippen LogP contribution in [0, 0.1) is 20.8 Å². The van der Waals surface area contributed by atoms with Gasteiger partial charge in [-0.25, -0.2) is 13.1 Å². The number of hydrogen-bond acceptors (Lipinski definition) is 3. The van der Waals surface area contributed by atoms with E-state index in [0.29, 0.717) is 12.8 Å². The van der Waals surface area contributed by atoms with Crippen molar-refractivity contribution in [2.75, 3.05) is 5.32 Å². The van der Waals surface area contributed by atoms with Gasteiger partial charge in [0.05, 0.1) is 4.90 Å². The van der Waals surface area contributed by atoms with E-state index in [2.05, 4.69) is 22.2 Å². The first-order valence-electron chi connectivity index (χ1n) is 9.23. The molecular weight excluding hydrogens is 360 g/mol. The Bertz CT molecular complexity index is 923. The van der Waals surface area contributed by atoms with Crippen LogP contribution in [0.3, 0.4) is 0 Å². The second-order valence-corrected chi connectivity index (χ2v) is 9.08. The van der Waals surface area contributed by atoms with Crippen molar-refractivity contribution in [3.05, 3.63) is 58.7 Å². The van der Waals surface area contributed by atoms with E-state index >= 15 is 0 Å². The summed E-state index contributed by atoms with van der Waals surface area (Å²) in [5.74, 6) is -0.0443. The molecule has 144 valence electrons. The lowest BCUT2D eigenvalue weighted by molar-refractivity contribution is -0.116. The molecule has 0 radical (unpaired) electrons. The van der Waals surface area contributed by atoms with E-state index in [9.17, 15) is 13.2 Å². The molecule has 0 atom stereocenters. The van der Waals surface area contributed by atoms with Crippen molar-refractivity contribution in [2.45, 2.75) is 57.4 Å². The number of sulfonamides is 1. The zero-order valence-electron chi connectivity index (χ0n) is 16.0. The summed E-state index contributed by atoms with van der Waals surface area (Å²) in [4.78, 5) is 12.6. The van der Waals surface area contributed by atoms with E-state index in [1.54, 1.807) is 24.3 Å². The van der Waals surface area contributed by atoms with Crippen LogP contribution in [0.4, 0.5) is 5.69 Å². The Morgan fingerprint density at radius 2 is 1.63 bits per heavy atom. The van der Waals surface area contributed by atoms with E-state index in [1.165, 1.54) is 5.56 Å². The number of amides is 1. The fourth-order valence-corrected chi connectivity index (χ4v) is 4.47. The van der Waals surface area contributed by atoms with Gasteiger partial charge in [0.2, 0.25) is 15.9 Å². The molecule has 1 aliphatic rings. The van der Waals surface area contributed by atoms with Crippen molar-refractivity contribution in [3.63, 3.8) is 0 Å². The van der Waals surface area contributed by atoms with Crippen LogP contribution in [0.5, 0.6) is 0 Å². The molecule has 0 saturated heterocycles. The number of carbonyl (C=O) groups is 1. The van der Waals surface area contributed by atoms with Gasteiger partial charge < -0.3 is 5.32 Å². The van der Waals surface area contributed by atoms with Gasteiger partial charge in [-0.05, 0) is 68.9 Å². The minimum Gasteiger partial charge on any atom is -0.326 e. The quantitative estimate of drug-likeness (QED) is 0.763. The summed E-state index contributed by atoms with van der Waals surface area (Å²) in [6.07, 6.45) is 2.73. The largest absolute Gasteiger partial charge is 0.326 e. The average Bonchev–Trinajstić information content (AvgIpc) is 3.40. The molecule has 1 fully saturated rings. The summed E-state index contributed by atoms with van der Waals surface area (Å²) in [7, 11) is -3.43. The zero-order chi connectivity index (χ0) is 19.6. The molecule has 1 aliphatic carbocycles. The predicted octanol–water partition coefficient (Wildman–Crippen LogP) is 3.62. The van der Waals surface area contributed by atoms with E-state index < -0.39 is 10.0 Å². The van der Waals surface area contributed by atoms with Crippen LogP contribution in [0.2, 0.25) is 0 Å². The van der Waals surface area contributed by atoms with Crippen LogP contribution in [-0.2, 0) is 21.2 Å². The third-order valence-electron chi connectivity index (χ3n) is 4.72. The van der Waals surface area contributed by atoms with Crippen molar-refractivity contribution >= 4 is 21.6 Å². The summed E-state index contributed by atoms with van der Waals surface area (Å²) < 4.78 is 27.0. The fraction of sp³-hybridized carbons (Fsp3) is 0.381. The van der Waals surface area contributed by atoms with Gasteiger partial charge in [-0.1, -0.05) is 29.8 Å². The van der Waals surface area contributed by atoms with E-state index in [0.717, 1.165) is 35.2 Å². The lowest BCUT2D eigenvalue weighted by Crippen LogP contribution is -2.25. The molecule has 0 aromatic heterocycles. The van der Waals surface area contributed by atoms with Gasteiger partial charge in [0.1, 0.15) is 0 Å². The first-order chi connectivity index (χ1) is 12.7. The highest BCUT2D eigenvalue weighted by molar-refractivity contribution is 7.89. The second-order valence-electron chi connectivity index (χ2n) is 7.36. The van der Waals surface area contributed by atoms with Gasteiger partial charge in [0, 0.05) is 18.2 Å². The highest BCUT2D eigenvalue weighted by Gasteiger charge is 2.27. The Hall–Kier alpha value is -2.18. The van der Waals surface area contributed by atoms with Crippen LogP contribution >= 0.6 is 0 Å². The normalized spacial score (nSPS) is 14.2. The van der Waals surface area contributed by atoms with Gasteiger partial charge in [-0.2, -0.15) is 0 Å². The van der Waals surface area contributed by atoms with Crippen molar-refractivity contribution in [1.29, 1.82) is 0 Å². The van der Waals surface area contributed by atoms with Crippen LogP contribution in [0.25, 0.3) is 0 Å². The van der Waals surface area contributed by atoms with Crippen molar-refractivity contribution in [1.82, 2.24) is 4.72 Å². The number of benzene rings is 2. The van der Waals surface area contributed by atoms with E-state index in [1.807, 2.05) is 20.8 Å². The second kappa shape index (κ2) is 7.82. The third kappa shape index (κ3) is 5.17. The first kappa shape index (κ1) is 19.6. The molecule has 6 heteroatoms. The number of hydrogen-bond donors (Lipinski definition) is 2. The molecule has 1 amide bonds. The zero-order valence-corrected chi connectivity index (χ0v) is 16.8. The Kier molecular flexibility index (Phi) is 5.67. The van der Waals surface area contributed by atoms with Crippen molar-refractivity contribution < 1.29 is 13.2 Å². The number of rotatable bonds is 7. The van der Waals surface area contributed by atoms with Crippen LogP contribution in [0.1, 0.15) is 41.5 Å². The molecule has 1 saturated carbocycles. The number of aryl methyl sites for hydroxylation is 4. The Morgan fingerprint density at radius 1 is 1.04 bits per heavy atom. The van der Waals surface area contributed by atoms with E-state index in [-0.39, 0.29) is 16.8 Å². The number of carbonyl (C=O) groups excluding carboxylic acids is 1. The molecular formula is C21H26N2O3S. The van der Waals surface area contributed by atoms with Crippen molar-refractivity contribution in [3.8, 4) is 0 Å². The van der Waals surface area contributed by atoms with Crippen LogP contribution < -0.4 is 10.0 Å². The molecule has 0 heterocycles. The molecule has 2 aromatic rings. The topological polar surface area (TPSA) is 75.3 Å². The Morgan fingerprint density at radius 3 is 2.19 bits per heavy atom. The third-order valence-corrected chi connectivity index (χ3v) is 6.25. The van der Waals surface area contributed by atoms with Gasteiger partial charge in [0.25, 0.3) is 0 Å². The monoisotopic (exact) mass is 386 g/mol. The van der Waals surface area contributed by atoms with Gasteiger partial charge in [-0.3, -0.25) is 4.79 Å². The highest BCUT2D eigenvalue weighted by Crippen LogP contribution is 2.23. The lowest BCUT2D eigenvalue weighted by Gasteiger charge is -2.13. The highest BCUT2D eigenvalue weighted by atomic mass is 32.2. The standard InChI is InChI=1S/C21H26N2O3S/c1-14-12-15(2)21(16(3)13-14)22-20(24)11-6-17-4-9-19(10-5-17)27(25,26)23-18-7-8-18/h4-5,9-10,12-13,18,23H,6-8,11H2,1-3H3,(H,22,24). The summed E-state index contributed by atoms with van der Waals surface area (Å²) >= 11 is 0. The molecule has 2 aromatic carbocycles. The van der Waals surface area contributed by atoms with Crippen LogP contribution in [0.15, 0.2) is 41.3 Å². The van der Waals surface area contributed by atoms with Gasteiger partial charge >= 0.3 is 0 Å². The molecule has 0 bridgehead atoms. The lowest BCUT2D eigenvalue weighted by atomic mass is 10.0. The average molecular weight is 387 g/mol. The van der Waals surface area contributed by atoms with Crippen LogP contribution in [-0.4, -0.2) is 20.4 Å². The number of nitrogens with one attached hydrogen (secondary N) is 2.